The molecular weight excluding hydrogens is 458 g/mol. The minimum Gasteiger partial charge on any atom is -0.369 e. The SMILES string of the molecule is [2H]c1c(C(C)OCc2cc(F)cc(F)c2)c2cc3nc(cc4ccc(cc5nc(cc1[nH]2)C=C5)[nH]4)C=C3. The smallest absolute Gasteiger partial charge is 0.126 e. The molecular formula is C29H22F2N4O. The van der Waals surface area contributed by atoms with Gasteiger partial charge in [0.1, 0.15) is 11.6 Å². The summed E-state index contributed by atoms with van der Waals surface area (Å²) in [5, 5.41) is 0. The first-order chi connectivity index (χ1) is 17.9. The van der Waals surface area contributed by atoms with Gasteiger partial charge in [-0.1, -0.05) is 0 Å². The van der Waals surface area contributed by atoms with E-state index in [4.69, 9.17) is 11.1 Å². The van der Waals surface area contributed by atoms with E-state index >= 15 is 0 Å². The predicted molar refractivity (Wildman–Crippen MR) is 138 cm³/mol. The quantitative estimate of drug-likeness (QED) is 0.280. The molecule has 1 unspecified atom stereocenters. The van der Waals surface area contributed by atoms with E-state index in [-0.39, 0.29) is 12.6 Å². The number of nitrogens with one attached hydrogen (secondary N) is 2. The molecule has 0 saturated heterocycles. The van der Waals surface area contributed by atoms with Crippen LogP contribution in [0.15, 0.2) is 60.6 Å². The number of rotatable bonds is 4. The lowest BCUT2D eigenvalue weighted by Crippen LogP contribution is -2.01. The molecule has 2 aliphatic rings. The van der Waals surface area contributed by atoms with Crippen LogP contribution in [0.5, 0.6) is 0 Å². The molecule has 5 heterocycles. The van der Waals surface area contributed by atoms with Gasteiger partial charge < -0.3 is 14.7 Å². The van der Waals surface area contributed by atoms with Crippen LogP contribution in [0.2, 0.25) is 0 Å². The predicted octanol–water partition coefficient (Wildman–Crippen LogP) is 7.21. The van der Waals surface area contributed by atoms with Crippen LogP contribution in [-0.2, 0) is 11.3 Å². The average Bonchev–Trinajstić information content (AvgIpc) is 3.63. The number of aromatic nitrogens is 4. The Morgan fingerprint density at radius 1 is 0.778 bits per heavy atom. The van der Waals surface area contributed by atoms with Gasteiger partial charge in [0.25, 0.3) is 0 Å². The Bertz CT molecular complexity index is 1730. The van der Waals surface area contributed by atoms with Gasteiger partial charge in [-0.2, -0.15) is 0 Å². The molecule has 3 aromatic heterocycles. The van der Waals surface area contributed by atoms with Crippen LogP contribution in [0, 0.1) is 11.6 Å². The first-order valence-electron chi connectivity index (χ1n) is 12.0. The third-order valence-electron chi connectivity index (χ3n) is 5.95. The first-order valence-corrected chi connectivity index (χ1v) is 11.5. The van der Waals surface area contributed by atoms with E-state index < -0.39 is 17.7 Å². The Morgan fingerprint density at radius 2 is 1.33 bits per heavy atom. The molecule has 0 spiro atoms. The van der Waals surface area contributed by atoms with Gasteiger partial charge in [0.15, 0.2) is 0 Å². The van der Waals surface area contributed by atoms with Crippen LogP contribution in [-0.4, -0.2) is 19.9 Å². The molecule has 8 bridgehead atoms. The highest BCUT2D eigenvalue weighted by atomic mass is 19.1. The highest BCUT2D eigenvalue weighted by Gasteiger charge is 2.13. The number of benzene rings is 1. The summed E-state index contributed by atoms with van der Waals surface area (Å²) in [6.07, 6.45) is 7.10. The molecule has 5 nitrogen and oxygen atoms in total. The van der Waals surface area contributed by atoms with Gasteiger partial charge in [0, 0.05) is 33.7 Å². The van der Waals surface area contributed by atoms with E-state index in [1.807, 2.05) is 67.6 Å². The van der Waals surface area contributed by atoms with Crippen LogP contribution in [0.25, 0.3) is 46.4 Å². The van der Waals surface area contributed by atoms with E-state index in [9.17, 15) is 8.78 Å². The molecule has 1 atom stereocenters. The molecule has 7 heteroatoms. The molecule has 178 valence electrons. The fourth-order valence-electron chi connectivity index (χ4n) is 4.28. The molecule has 0 amide bonds. The lowest BCUT2D eigenvalue weighted by Gasteiger charge is -2.12. The lowest BCUT2D eigenvalue weighted by atomic mass is 10.1. The van der Waals surface area contributed by atoms with Crippen LogP contribution in [0.4, 0.5) is 8.78 Å². The topological polar surface area (TPSA) is 66.6 Å². The number of hydrogen-bond acceptors (Lipinski definition) is 3. The lowest BCUT2D eigenvalue weighted by molar-refractivity contribution is 0.0533. The van der Waals surface area contributed by atoms with Crippen molar-refractivity contribution in [2.24, 2.45) is 0 Å². The minimum atomic E-state index is -0.659. The molecule has 0 fully saturated rings. The number of halogens is 2. The summed E-state index contributed by atoms with van der Waals surface area (Å²) in [4.78, 5) is 16.0. The molecule has 1 aromatic carbocycles. The third kappa shape index (κ3) is 4.74. The van der Waals surface area contributed by atoms with Gasteiger partial charge in [-0.15, -0.1) is 0 Å². The van der Waals surface area contributed by atoms with E-state index in [0.717, 1.165) is 34.2 Å². The number of aromatic amines is 2. The van der Waals surface area contributed by atoms with Crippen molar-refractivity contribution in [1.29, 1.82) is 0 Å². The van der Waals surface area contributed by atoms with Crippen molar-refractivity contribution < 1.29 is 14.9 Å². The molecule has 0 saturated carbocycles. The van der Waals surface area contributed by atoms with Crippen molar-refractivity contribution in [2.75, 3.05) is 0 Å². The number of ether oxygens (including phenoxy) is 1. The van der Waals surface area contributed by atoms with E-state index in [1.165, 1.54) is 12.1 Å². The van der Waals surface area contributed by atoms with Gasteiger partial charge in [-0.05, 0) is 91.4 Å². The summed E-state index contributed by atoms with van der Waals surface area (Å²) in [6.45, 7) is 1.81. The average molecular weight is 482 g/mol. The van der Waals surface area contributed by atoms with Crippen LogP contribution in [0.3, 0.4) is 0 Å². The van der Waals surface area contributed by atoms with Crippen molar-refractivity contribution in [3.05, 3.63) is 106 Å². The summed E-state index contributed by atoms with van der Waals surface area (Å²) < 4.78 is 42.1. The Hall–Kier alpha value is -4.36. The van der Waals surface area contributed by atoms with Gasteiger partial charge in [-0.3, -0.25) is 0 Å². The zero-order valence-electron chi connectivity index (χ0n) is 20.3. The van der Waals surface area contributed by atoms with Gasteiger partial charge in [0.05, 0.1) is 36.9 Å². The Kier molecular flexibility index (Phi) is 5.25. The maximum Gasteiger partial charge on any atom is 0.126 e. The molecule has 0 aliphatic carbocycles. The van der Waals surface area contributed by atoms with Crippen LogP contribution in [0.1, 0.15) is 48.3 Å². The van der Waals surface area contributed by atoms with Crippen molar-refractivity contribution in [2.45, 2.75) is 19.6 Å². The van der Waals surface area contributed by atoms with Gasteiger partial charge >= 0.3 is 0 Å². The van der Waals surface area contributed by atoms with E-state index in [2.05, 4.69) is 15.0 Å². The standard InChI is InChI=1S/C29H22F2N4O/c1-17(36-16-18-8-19(30)10-20(31)9-18)28-14-27-13-25-5-4-23(33-25)11-21-2-3-22(32-21)12-24-6-7-26(34-24)15-29(28)35-27/h2-15,17,32,35H,16H2,1H3/i14D. The Balaban J connectivity index is 1.49. The zero-order valence-corrected chi connectivity index (χ0v) is 19.3. The molecule has 6 rings (SSSR count). The second-order valence-corrected chi connectivity index (χ2v) is 8.76. The summed E-state index contributed by atoms with van der Waals surface area (Å²) in [5.74, 6) is -1.32. The molecule has 2 N–H and O–H groups in total. The van der Waals surface area contributed by atoms with Crippen LogP contribution < -0.4 is 0 Å². The second kappa shape index (κ2) is 9.02. The van der Waals surface area contributed by atoms with Crippen molar-refractivity contribution in [3.8, 4) is 0 Å². The first kappa shape index (κ1) is 21.0. The fraction of sp³-hybridized carbons (Fsp3) is 0.103. The van der Waals surface area contributed by atoms with Crippen molar-refractivity contribution >= 4 is 46.4 Å². The fourth-order valence-corrected chi connectivity index (χ4v) is 4.28. The largest absolute Gasteiger partial charge is 0.369 e. The second-order valence-electron chi connectivity index (χ2n) is 8.76. The third-order valence-corrected chi connectivity index (χ3v) is 5.95. The molecule has 0 radical (unpaired) electrons. The number of hydrogen-bond donors (Lipinski definition) is 2. The van der Waals surface area contributed by atoms with E-state index in [1.54, 1.807) is 0 Å². The Labute approximate surface area is 207 Å². The summed E-state index contributed by atoms with van der Waals surface area (Å²) >= 11 is 0. The number of H-pyrrole nitrogens is 2. The van der Waals surface area contributed by atoms with Crippen molar-refractivity contribution in [3.63, 3.8) is 0 Å². The molecule has 4 aromatic rings. The van der Waals surface area contributed by atoms with Gasteiger partial charge in [0.2, 0.25) is 0 Å². The van der Waals surface area contributed by atoms with Crippen molar-refractivity contribution in [1.82, 2.24) is 19.9 Å². The maximum absolute atomic E-state index is 13.6. The summed E-state index contributed by atoms with van der Waals surface area (Å²) in [6, 6.07) is 15.1. The normalized spacial score (nSPS) is 13.7. The highest BCUT2D eigenvalue weighted by molar-refractivity contribution is 5.78. The Morgan fingerprint density at radius 3 is 1.94 bits per heavy atom. The summed E-state index contributed by atoms with van der Waals surface area (Å²) in [5.41, 5.74) is 7.12. The van der Waals surface area contributed by atoms with Crippen LogP contribution >= 0.6 is 0 Å². The van der Waals surface area contributed by atoms with Gasteiger partial charge in [-0.25, -0.2) is 18.7 Å². The summed E-state index contributed by atoms with van der Waals surface area (Å²) in [7, 11) is 0. The zero-order chi connectivity index (χ0) is 25.5. The maximum atomic E-state index is 13.6. The number of nitrogens with zero attached hydrogens (tertiary/aromatic N) is 2. The van der Waals surface area contributed by atoms with E-state index in [0.29, 0.717) is 27.9 Å². The number of fused-ring (bicyclic) bond motifs is 8. The monoisotopic (exact) mass is 481 g/mol. The molecule has 36 heavy (non-hydrogen) atoms. The minimum absolute atomic E-state index is 0.00570. The molecule has 2 aliphatic heterocycles. The highest BCUT2D eigenvalue weighted by Crippen LogP contribution is 2.27.